The zero-order valence-corrected chi connectivity index (χ0v) is 9.89. The van der Waals surface area contributed by atoms with Crippen LogP contribution in [0, 0.1) is 13.8 Å². The van der Waals surface area contributed by atoms with E-state index in [4.69, 9.17) is 4.74 Å². The molecule has 0 unspecified atom stereocenters. The van der Waals surface area contributed by atoms with E-state index < -0.39 is 9.84 Å². The quantitative estimate of drug-likeness (QED) is 0.793. The second kappa shape index (κ2) is 4.06. The number of hydrogen-bond donors (Lipinski definition) is 0. The largest absolute Gasteiger partial charge is 0.496 e. The van der Waals surface area contributed by atoms with Crippen LogP contribution in [0.2, 0.25) is 0 Å². The van der Waals surface area contributed by atoms with Crippen molar-refractivity contribution in [1.29, 1.82) is 0 Å². The predicted octanol–water partition coefficient (Wildman–Crippen LogP) is 2.23. The van der Waals surface area contributed by atoms with Crippen molar-refractivity contribution in [2.24, 2.45) is 0 Å². The lowest BCUT2D eigenvalue weighted by Gasteiger charge is -2.09. The molecule has 0 N–H and O–H groups in total. The van der Waals surface area contributed by atoms with Crippen molar-refractivity contribution < 1.29 is 13.2 Å². The number of sulfone groups is 1. The van der Waals surface area contributed by atoms with Crippen molar-refractivity contribution in [2.75, 3.05) is 7.11 Å². The average molecular weight is 226 g/mol. The minimum Gasteiger partial charge on any atom is -0.496 e. The van der Waals surface area contributed by atoms with Gasteiger partial charge in [-0.25, -0.2) is 8.42 Å². The van der Waals surface area contributed by atoms with Gasteiger partial charge >= 0.3 is 0 Å². The summed E-state index contributed by atoms with van der Waals surface area (Å²) < 4.78 is 28.3. The molecule has 0 heterocycles. The number of benzene rings is 1. The third-order valence-electron chi connectivity index (χ3n) is 2.22. The Morgan fingerprint density at radius 3 is 2.33 bits per heavy atom. The standard InChI is InChI=1S/C11H14O3S/c1-5-15(12,13)11-7-10(14-4)8(2)6-9(11)3/h5-7H,1H2,2-4H3. The van der Waals surface area contributed by atoms with Gasteiger partial charge in [-0.15, -0.1) is 0 Å². The Kier molecular flexibility index (Phi) is 3.19. The minimum absolute atomic E-state index is 0.250. The number of ether oxygens (including phenoxy) is 1. The van der Waals surface area contributed by atoms with Crippen LogP contribution in [0.3, 0.4) is 0 Å². The molecular weight excluding hydrogens is 212 g/mol. The Morgan fingerprint density at radius 1 is 1.27 bits per heavy atom. The zero-order valence-electron chi connectivity index (χ0n) is 9.07. The fraction of sp³-hybridized carbons (Fsp3) is 0.273. The monoisotopic (exact) mass is 226 g/mol. The maximum absolute atomic E-state index is 11.6. The van der Waals surface area contributed by atoms with Crippen LogP contribution in [0.15, 0.2) is 29.0 Å². The highest BCUT2D eigenvalue weighted by Crippen LogP contribution is 2.26. The van der Waals surface area contributed by atoms with E-state index in [1.807, 2.05) is 6.92 Å². The van der Waals surface area contributed by atoms with Gasteiger partial charge in [0.2, 0.25) is 0 Å². The second-order valence-corrected chi connectivity index (χ2v) is 5.16. The first-order valence-corrected chi connectivity index (χ1v) is 5.99. The summed E-state index contributed by atoms with van der Waals surface area (Å²) in [6.07, 6.45) is 0. The molecule has 0 spiro atoms. The lowest BCUT2D eigenvalue weighted by molar-refractivity contribution is 0.410. The number of hydrogen-bond acceptors (Lipinski definition) is 3. The van der Waals surface area contributed by atoms with Crippen LogP contribution < -0.4 is 4.74 Å². The SMILES string of the molecule is C=CS(=O)(=O)c1cc(OC)c(C)cc1C. The van der Waals surface area contributed by atoms with E-state index in [1.165, 1.54) is 13.2 Å². The number of aryl methyl sites for hydroxylation is 2. The third-order valence-corrected chi connectivity index (χ3v) is 3.71. The highest BCUT2D eigenvalue weighted by atomic mass is 32.2. The molecule has 1 aromatic rings. The topological polar surface area (TPSA) is 43.4 Å². The summed E-state index contributed by atoms with van der Waals surface area (Å²) in [4.78, 5) is 0.250. The van der Waals surface area contributed by atoms with Gasteiger partial charge in [0.25, 0.3) is 0 Å². The molecule has 0 saturated carbocycles. The lowest BCUT2D eigenvalue weighted by Crippen LogP contribution is -2.00. The van der Waals surface area contributed by atoms with Gasteiger partial charge in [0.15, 0.2) is 9.84 Å². The molecule has 1 aromatic carbocycles. The van der Waals surface area contributed by atoms with E-state index >= 15 is 0 Å². The summed E-state index contributed by atoms with van der Waals surface area (Å²) in [6, 6.07) is 3.32. The Bertz CT molecular complexity index is 487. The summed E-state index contributed by atoms with van der Waals surface area (Å²) >= 11 is 0. The van der Waals surface area contributed by atoms with Gasteiger partial charge in [-0.3, -0.25) is 0 Å². The van der Waals surface area contributed by atoms with E-state index in [0.717, 1.165) is 11.0 Å². The van der Waals surface area contributed by atoms with Crippen molar-refractivity contribution in [3.63, 3.8) is 0 Å². The molecule has 0 aliphatic carbocycles. The molecule has 0 bridgehead atoms. The van der Waals surface area contributed by atoms with Gasteiger partial charge in [-0.1, -0.05) is 12.6 Å². The summed E-state index contributed by atoms with van der Waals surface area (Å²) in [5.74, 6) is 0.570. The molecule has 0 saturated heterocycles. The zero-order chi connectivity index (χ0) is 11.6. The molecule has 1 rings (SSSR count). The first-order chi connectivity index (χ1) is 6.92. The van der Waals surface area contributed by atoms with E-state index in [-0.39, 0.29) is 4.90 Å². The van der Waals surface area contributed by atoms with Crippen LogP contribution in [0.25, 0.3) is 0 Å². The van der Waals surface area contributed by atoms with Gasteiger partial charge < -0.3 is 4.74 Å². The van der Waals surface area contributed by atoms with Gasteiger partial charge in [-0.2, -0.15) is 0 Å². The molecule has 15 heavy (non-hydrogen) atoms. The van der Waals surface area contributed by atoms with Crippen molar-refractivity contribution in [3.8, 4) is 5.75 Å². The van der Waals surface area contributed by atoms with Crippen LogP contribution in [-0.4, -0.2) is 15.5 Å². The highest BCUT2D eigenvalue weighted by Gasteiger charge is 2.15. The summed E-state index contributed by atoms with van der Waals surface area (Å²) in [5.41, 5.74) is 1.62. The maximum Gasteiger partial charge on any atom is 0.199 e. The van der Waals surface area contributed by atoms with Crippen molar-refractivity contribution >= 4 is 9.84 Å². The fourth-order valence-corrected chi connectivity index (χ4v) is 2.39. The maximum atomic E-state index is 11.6. The van der Waals surface area contributed by atoms with Gasteiger partial charge in [0.05, 0.1) is 12.0 Å². The number of rotatable bonds is 3. The molecule has 0 atom stereocenters. The summed E-state index contributed by atoms with van der Waals surface area (Å²) in [5, 5.41) is 0.949. The summed E-state index contributed by atoms with van der Waals surface area (Å²) in [7, 11) is -1.88. The van der Waals surface area contributed by atoms with E-state index in [2.05, 4.69) is 6.58 Å². The average Bonchev–Trinajstić information content (AvgIpc) is 2.17. The molecule has 0 aliphatic rings. The van der Waals surface area contributed by atoms with E-state index in [9.17, 15) is 8.42 Å². The van der Waals surface area contributed by atoms with Crippen molar-refractivity contribution in [1.82, 2.24) is 0 Å². The van der Waals surface area contributed by atoms with E-state index in [0.29, 0.717) is 11.3 Å². The van der Waals surface area contributed by atoms with Gasteiger partial charge in [0, 0.05) is 5.41 Å². The highest BCUT2D eigenvalue weighted by molar-refractivity contribution is 7.94. The van der Waals surface area contributed by atoms with E-state index in [1.54, 1.807) is 13.0 Å². The second-order valence-electron chi connectivity index (χ2n) is 3.30. The molecule has 3 nitrogen and oxygen atoms in total. The number of methoxy groups -OCH3 is 1. The van der Waals surface area contributed by atoms with Gasteiger partial charge in [0.1, 0.15) is 5.75 Å². The van der Waals surface area contributed by atoms with Crippen molar-refractivity contribution in [2.45, 2.75) is 18.7 Å². The molecular formula is C11H14O3S. The molecule has 4 heteroatoms. The Morgan fingerprint density at radius 2 is 1.87 bits per heavy atom. The molecule has 0 radical (unpaired) electrons. The normalized spacial score (nSPS) is 11.1. The Balaban J connectivity index is 3.51. The van der Waals surface area contributed by atoms with Crippen LogP contribution >= 0.6 is 0 Å². The van der Waals surface area contributed by atoms with Gasteiger partial charge in [-0.05, 0) is 31.0 Å². The molecule has 0 aliphatic heterocycles. The summed E-state index contributed by atoms with van der Waals surface area (Å²) in [6.45, 7) is 6.92. The molecule has 0 fully saturated rings. The molecule has 0 amide bonds. The van der Waals surface area contributed by atoms with Crippen LogP contribution in [0.5, 0.6) is 5.75 Å². The smallest absolute Gasteiger partial charge is 0.199 e. The van der Waals surface area contributed by atoms with Crippen LogP contribution in [0.4, 0.5) is 0 Å². The Labute approximate surface area is 90.3 Å². The third kappa shape index (κ3) is 2.21. The molecule has 0 aromatic heterocycles. The predicted molar refractivity (Wildman–Crippen MR) is 59.9 cm³/mol. The molecule has 82 valence electrons. The van der Waals surface area contributed by atoms with Crippen LogP contribution in [0.1, 0.15) is 11.1 Å². The first kappa shape index (κ1) is 11.8. The first-order valence-electron chi connectivity index (χ1n) is 4.45. The fourth-order valence-electron chi connectivity index (χ4n) is 1.43. The Hall–Kier alpha value is -1.29. The minimum atomic E-state index is -3.39. The lowest BCUT2D eigenvalue weighted by atomic mass is 10.1. The van der Waals surface area contributed by atoms with Crippen molar-refractivity contribution in [3.05, 3.63) is 35.2 Å². The van der Waals surface area contributed by atoms with Crippen LogP contribution in [-0.2, 0) is 9.84 Å².